The van der Waals surface area contributed by atoms with Crippen molar-refractivity contribution < 1.29 is 43.5 Å². The van der Waals surface area contributed by atoms with Crippen LogP contribution in [0.2, 0.25) is 10.0 Å². The van der Waals surface area contributed by atoms with Crippen molar-refractivity contribution in [1.29, 1.82) is 0 Å². The van der Waals surface area contributed by atoms with E-state index in [1.165, 1.54) is 18.2 Å². The van der Waals surface area contributed by atoms with E-state index in [2.05, 4.69) is 10.6 Å². The van der Waals surface area contributed by atoms with Crippen LogP contribution in [0.5, 0.6) is 0 Å². The Kier molecular flexibility index (Phi) is 9.31. The summed E-state index contributed by atoms with van der Waals surface area (Å²) >= 11 is 11.8. The van der Waals surface area contributed by atoms with Gasteiger partial charge >= 0.3 is 25.0 Å². The van der Waals surface area contributed by atoms with Crippen molar-refractivity contribution in [1.82, 2.24) is 10.6 Å². The molecule has 4 N–H and O–H groups in total. The molecule has 1 aromatic carbocycles. The van der Waals surface area contributed by atoms with Gasteiger partial charge in [-0.25, -0.2) is 0 Å². The Morgan fingerprint density at radius 3 is 2.35 bits per heavy atom. The Bertz CT molecular complexity index is 973. The van der Waals surface area contributed by atoms with E-state index in [9.17, 15) is 24.0 Å². The number of nitrogens with one attached hydrogen (secondary N) is 2. The van der Waals surface area contributed by atoms with Gasteiger partial charge in [0.05, 0.1) is 35.9 Å². The first-order chi connectivity index (χ1) is 15.8. The lowest BCUT2D eigenvalue weighted by Gasteiger charge is -2.24. The van der Waals surface area contributed by atoms with Gasteiger partial charge in [0, 0.05) is 5.02 Å². The van der Waals surface area contributed by atoms with Gasteiger partial charge in [-0.3, -0.25) is 24.0 Å². The van der Waals surface area contributed by atoms with Crippen LogP contribution in [0, 0.1) is 5.92 Å². The number of rotatable bonds is 11. The van der Waals surface area contributed by atoms with Crippen LogP contribution >= 0.6 is 23.2 Å². The third-order valence-corrected chi connectivity index (χ3v) is 5.36. The summed E-state index contributed by atoms with van der Waals surface area (Å²) in [5, 5.41) is 23.7. The molecule has 0 bridgehead atoms. The molecule has 0 aromatic heterocycles. The summed E-state index contributed by atoms with van der Waals surface area (Å²) < 4.78 is 10.6. The summed E-state index contributed by atoms with van der Waals surface area (Å²) in [6.45, 7) is 3.17. The molecule has 1 heterocycles. The first-order valence-electron chi connectivity index (χ1n) is 10.2. The van der Waals surface area contributed by atoms with Crippen LogP contribution in [0.4, 0.5) is 0 Å². The molecular formula is C20H23BCl2N2O9. The number of hydrogen-bond donors (Lipinski definition) is 4. The van der Waals surface area contributed by atoms with E-state index < -0.39 is 67.8 Å². The Morgan fingerprint density at radius 2 is 1.79 bits per heavy atom. The number of carboxylic acid groups (broad SMARTS) is 2. The number of amides is 2. The van der Waals surface area contributed by atoms with Crippen LogP contribution < -0.4 is 10.6 Å². The molecule has 1 saturated heterocycles. The molecule has 2 rings (SSSR count). The molecule has 0 spiro atoms. The first-order valence-corrected chi connectivity index (χ1v) is 10.9. The number of halogens is 2. The highest BCUT2D eigenvalue weighted by atomic mass is 35.5. The molecule has 1 atom stereocenters. The summed E-state index contributed by atoms with van der Waals surface area (Å²) in [7, 11) is -1.42. The highest BCUT2D eigenvalue weighted by Gasteiger charge is 2.57. The lowest BCUT2D eigenvalue weighted by molar-refractivity contribution is -0.157. The van der Waals surface area contributed by atoms with Crippen LogP contribution in [-0.4, -0.2) is 65.1 Å². The number of benzene rings is 1. The van der Waals surface area contributed by atoms with Gasteiger partial charge in [0.25, 0.3) is 5.91 Å². The van der Waals surface area contributed by atoms with E-state index in [-0.39, 0.29) is 27.9 Å². The zero-order valence-electron chi connectivity index (χ0n) is 18.3. The fraction of sp³-hybridized carbons (Fsp3) is 0.450. The van der Waals surface area contributed by atoms with Crippen LogP contribution in [0.1, 0.15) is 43.5 Å². The number of aliphatic carboxylic acids is 2. The van der Waals surface area contributed by atoms with Gasteiger partial charge in [0.2, 0.25) is 5.91 Å². The van der Waals surface area contributed by atoms with Crippen LogP contribution in [0.15, 0.2) is 18.2 Å². The van der Waals surface area contributed by atoms with E-state index in [1.54, 1.807) is 0 Å². The Balaban J connectivity index is 2.10. The van der Waals surface area contributed by atoms with Gasteiger partial charge < -0.3 is 30.2 Å². The third-order valence-electron chi connectivity index (χ3n) is 4.79. The van der Waals surface area contributed by atoms with E-state index in [0.29, 0.717) is 0 Å². The molecule has 1 aliphatic heterocycles. The summed E-state index contributed by atoms with van der Waals surface area (Å²) in [6.07, 6.45) is -1.60. The zero-order chi connectivity index (χ0) is 25.6. The van der Waals surface area contributed by atoms with Crippen molar-refractivity contribution in [3.63, 3.8) is 0 Å². The molecule has 1 aliphatic rings. The minimum Gasteiger partial charge on any atom is -0.506 e. The quantitative estimate of drug-likeness (QED) is 0.317. The maximum Gasteiger partial charge on any atom is 0.552 e. The van der Waals surface area contributed by atoms with Gasteiger partial charge in [-0.15, -0.1) is 0 Å². The maximum atomic E-state index is 12.5. The first kappa shape index (κ1) is 27.4. The van der Waals surface area contributed by atoms with E-state index >= 15 is 0 Å². The van der Waals surface area contributed by atoms with Crippen molar-refractivity contribution >= 4 is 60.0 Å². The highest BCUT2D eigenvalue weighted by molar-refractivity contribution is 6.51. The highest BCUT2D eigenvalue weighted by Crippen LogP contribution is 2.32. The van der Waals surface area contributed by atoms with Crippen LogP contribution in [0.25, 0.3) is 0 Å². The fourth-order valence-corrected chi connectivity index (χ4v) is 3.76. The van der Waals surface area contributed by atoms with Crippen molar-refractivity contribution in [2.45, 2.75) is 44.7 Å². The van der Waals surface area contributed by atoms with Crippen molar-refractivity contribution in [3.05, 3.63) is 33.8 Å². The second-order valence-electron chi connectivity index (χ2n) is 8.14. The minimum atomic E-state index is -2.22. The molecule has 14 heteroatoms. The van der Waals surface area contributed by atoms with Crippen molar-refractivity contribution in [2.24, 2.45) is 5.92 Å². The zero-order valence-corrected chi connectivity index (χ0v) is 19.8. The molecule has 0 aliphatic carbocycles. The second-order valence-corrected chi connectivity index (χ2v) is 8.98. The average Bonchev–Trinajstić information content (AvgIpc) is 3.01. The maximum absolute atomic E-state index is 12.5. The smallest absolute Gasteiger partial charge is 0.506 e. The Labute approximate surface area is 205 Å². The molecule has 0 saturated carbocycles. The standard InChI is InChI=1S/C20H23BCl2N2O9/c1-10(2)5-14(21-33-19(32)20(34-21,7-16(27)28)8-17(29)30)25-15(26)9-24-18(31)12-6-11(22)3-4-13(12)23/h3-4,6,10,14H,5,7-9H2,1-2H3,(H,24,31)(H,25,26)(H,27,28)(H,29,30)/t14-/m0/s1/i18+2. The third kappa shape index (κ3) is 7.34. The molecule has 2 amide bonds. The molecule has 184 valence electrons. The molecular weight excluding hydrogens is 496 g/mol. The van der Waals surface area contributed by atoms with E-state index in [0.717, 1.165) is 0 Å². The SMILES string of the molecule is CC(C)C[C@H](NC(=O)CN[14C](=O)c1cc(Cl)ccc1Cl)B1OC(=O)C(CC(=O)O)(CC(=O)O)O1. The van der Waals surface area contributed by atoms with E-state index in [4.69, 9.17) is 42.7 Å². The van der Waals surface area contributed by atoms with Gasteiger partial charge in [0.1, 0.15) is 0 Å². The summed E-state index contributed by atoms with van der Waals surface area (Å²) in [6, 6.07) is 4.28. The monoisotopic (exact) mass is 518 g/mol. The topological polar surface area (TPSA) is 168 Å². The van der Waals surface area contributed by atoms with Crippen LogP contribution in [-0.2, 0) is 28.5 Å². The average molecular weight is 519 g/mol. The largest absolute Gasteiger partial charge is 0.552 e. The van der Waals surface area contributed by atoms with E-state index in [1.807, 2.05) is 13.8 Å². The fourth-order valence-electron chi connectivity index (χ4n) is 3.38. The minimum absolute atomic E-state index is 0.0265. The summed E-state index contributed by atoms with van der Waals surface area (Å²) in [5.74, 6) is -6.32. The molecule has 11 nitrogen and oxygen atoms in total. The molecule has 1 aromatic rings. The molecule has 34 heavy (non-hydrogen) atoms. The van der Waals surface area contributed by atoms with Crippen molar-refractivity contribution in [2.75, 3.05) is 6.54 Å². The second kappa shape index (κ2) is 11.5. The predicted octanol–water partition coefficient (Wildman–Crippen LogP) is 1.54. The Hall–Kier alpha value is -2.83. The number of carbonyl (C=O) groups excluding carboxylic acids is 3. The number of hydrogen-bond acceptors (Lipinski definition) is 7. The lowest BCUT2D eigenvalue weighted by Crippen LogP contribution is -2.51. The molecule has 1 fully saturated rings. The number of carbonyl (C=O) groups is 5. The number of carboxylic acids is 2. The predicted molar refractivity (Wildman–Crippen MR) is 120 cm³/mol. The van der Waals surface area contributed by atoms with Gasteiger partial charge in [0.15, 0.2) is 5.60 Å². The lowest BCUT2D eigenvalue weighted by atomic mass is 9.74. The van der Waals surface area contributed by atoms with Gasteiger partial charge in [-0.2, -0.15) is 0 Å². The van der Waals surface area contributed by atoms with Crippen LogP contribution in [0.3, 0.4) is 0 Å². The summed E-state index contributed by atoms with van der Waals surface area (Å²) in [5.41, 5.74) is -2.15. The Morgan fingerprint density at radius 1 is 1.18 bits per heavy atom. The van der Waals surface area contributed by atoms with Gasteiger partial charge in [-0.1, -0.05) is 37.0 Å². The van der Waals surface area contributed by atoms with Gasteiger partial charge in [-0.05, 0) is 30.5 Å². The molecule has 0 unspecified atom stereocenters. The summed E-state index contributed by atoms with van der Waals surface area (Å²) in [4.78, 5) is 59.7. The van der Waals surface area contributed by atoms with Crippen molar-refractivity contribution in [3.8, 4) is 0 Å². The normalized spacial score (nSPS) is 15.6. The molecule has 0 radical (unpaired) electrons.